The summed E-state index contributed by atoms with van der Waals surface area (Å²) < 4.78 is 0. The molecule has 1 aliphatic heterocycles. The van der Waals surface area contributed by atoms with Crippen LogP contribution in [0, 0.1) is 11.3 Å². The van der Waals surface area contributed by atoms with E-state index in [1.54, 1.807) is 35.2 Å². The number of anilines is 1. The summed E-state index contributed by atoms with van der Waals surface area (Å²) in [5.74, 6) is -0.346. The van der Waals surface area contributed by atoms with Crippen LogP contribution in [0.5, 0.6) is 0 Å². The minimum Gasteiger partial charge on any atom is -0.338 e. The third-order valence-electron chi connectivity index (χ3n) is 3.29. The largest absolute Gasteiger partial charge is 0.338 e. The van der Waals surface area contributed by atoms with Crippen LogP contribution in [-0.2, 0) is 9.59 Å². The van der Waals surface area contributed by atoms with E-state index in [1.807, 2.05) is 6.07 Å². The Kier molecular flexibility index (Phi) is 4.72. The topological polar surface area (TPSA) is 73.2 Å². The lowest BCUT2D eigenvalue weighted by Crippen LogP contribution is -2.28. The highest BCUT2D eigenvalue weighted by molar-refractivity contribution is 6.01. The maximum absolute atomic E-state index is 12.2. The van der Waals surface area contributed by atoms with Gasteiger partial charge in [-0.15, -0.1) is 0 Å². The van der Waals surface area contributed by atoms with E-state index in [9.17, 15) is 9.59 Å². The van der Waals surface area contributed by atoms with E-state index in [2.05, 4.69) is 5.32 Å². The van der Waals surface area contributed by atoms with Gasteiger partial charge >= 0.3 is 0 Å². The number of carbonyl (C=O) groups is 2. The standard InChI is InChI=1S/C16H17N3O2/c1-12(20)18-15-6-4-13(5-7-15)10-14(11-17)16(21)19-8-2-3-9-19/h4-7,10H,2-3,8-9H2,1H3,(H,18,20). The Morgan fingerprint density at radius 2 is 1.86 bits per heavy atom. The summed E-state index contributed by atoms with van der Waals surface area (Å²) >= 11 is 0. The van der Waals surface area contributed by atoms with Crippen molar-refractivity contribution in [2.75, 3.05) is 18.4 Å². The molecule has 0 atom stereocenters. The Hall–Kier alpha value is -2.61. The van der Waals surface area contributed by atoms with Crippen LogP contribution in [0.15, 0.2) is 29.8 Å². The average molecular weight is 283 g/mol. The van der Waals surface area contributed by atoms with Crippen LogP contribution in [-0.4, -0.2) is 29.8 Å². The molecule has 1 fully saturated rings. The number of carbonyl (C=O) groups excluding carboxylic acids is 2. The van der Waals surface area contributed by atoms with Gasteiger partial charge < -0.3 is 10.2 Å². The van der Waals surface area contributed by atoms with E-state index in [4.69, 9.17) is 5.26 Å². The van der Waals surface area contributed by atoms with Crippen LogP contribution >= 0.6 is 0 Å². The molecule has 0 bridgehead atoms. The predicted molar refractivity (Wildman–Crippen MR) is 80.1 cm³/mol. The van der Waals surface area contributed by atoms with Crippen molar-refractivity contribution >= 4 is 23.6 Å². The van der Waals surface area contributed by atoms with E-state index in [-0.39, 0.29) is 17.4 Å². The van der Waals surface area contributed by atoms with Crippen molar-refractivity contribution in [3.05, 3.63) is 35.4 Å². The average Bonchev–Trinajstić information content (AvgIpc) is 2.99. The van der Waals surface area contributed by atoms with E-state index in [0.29, 0.717) is 5.69 Å². The smallest absolute Gasteiger partial charge is 0.264 e. The van der Waals surface area contributed by atoms with E-state index < -0.39 is 0 Å². The quantitative estimate of drug-likeness (QED) is 0.682. The van der Waals surface area contributed by atoms with E-state index in [0.717, 1.165) is 31.5 Å². The Morgan fingerprint density at radius 1 is 1.24 bits per heavy atom. The summed E-state index contributed by atoms with van der Waals surface area (Å²) in [7, 11) is 0. The Morgan fingerprint density at radius 3 is 2.38 bits per heavy atom. The second-order valence-corrected chi connectivity index (χ2v) is 4.97. The van der Waals surface area contributed by atoms with Crippen LogP contribution in [0.2, 0.25) is 0 Å². The van der Waals surface area contributed by atoms with Crippen molar-refractivity contribution in [1.82, 2.24) is 4.90 Å². The first kappa shape index (κ1) is 14.8. The Balaban J connectivity index is 2.14. The van der Waals surface area contributed by atoms with E-state index in [1.165, 1.54) is 6.92 Å². The minimum absolute atomic E-state index is 0.139. The number of hydrogen-bond acceptors (Lipinski definition) is 3. The Labute approximate surface area is 123 Å². The van der Waals surface area contributed by atoms with Crippen molar-refractivity contribution in [2.45, 2.75) is 19.8 Å². The molecular weight excluding hydrogens is 266 g/mol. The first-order valence-corrected chi connectivity index (χ1v) is 6.89. The first-order chi connectivity index (χ1) is 10.1. The SMILES string of the molecule is CC(=O)Nc1ccc(C=C(C#N)C(=O)N2CCCC2)cc1. The third-order valence-corrected chi connectivity index (χ3v) is 3.29. The zero-order valence-corrected chi connectivity index (χ0v) is 11.9. The van der Waals surface area contributed by atoms with Gasteiger partial charge in [0.05, 0.1) is 0 Å². The predicted octanol–water partition coefficient (Wildman–Crippen LogP) is 2.17. The van der Waals surface area contributed by atoms with Gasteiger partial charge in [-0.25, -0.2) is 0 Å². The third kappa shape index (κ3) is 3.93. The highest BCUT2D eigenvalue weighted by Crippen LogP contribution is 2.16. The molecule has 1 aromatic carbocycles. The second-order valence-electron chi connectivity index (χ2n) is 4.97. The van der Waals surface area contributed by atoms with Crippen LogP contribution in [0.1, 0.15) is 25.3 Å². The molecule has 0 aliphatic carbocycles. The fourth-order valence-corrected chi connectivity index (χ4v) is 2.27. The number of nitriles is 1. The van der Waals surface area contributed by atoms with Gasteiger partial charge in [0.15, 0.2) is 0 Å². The lowest BCUT2D eigenvalue weighted by molar-refractivity contribution is -0.125. The summed E-state index contributed by atoms with van der Waals surface area (Å²) in [6.07, 6.45) is 3.57. The van der Waals surface area contributed by atoms with Crippen LogP contribution in [0.25, 0.3) is 6.08 Å². The number of likely N-dealkylation sites (tertiary alicyclic amines) is 1. The number of nitrogens with zero attached hydrogens (tertiary/aromatic N) is 2. The van der Waals surface area contributed by atoms with Crippen molar-refractivity contribution in [3.8, 4) is 6.07 Å². The number of hydrogen-bond donors (Lipinski definition) is 1. The van der Waals surface area contributed by atoms with Crippen LogP contribution in [0.4, 0.5) is 5.69 Å². The molecule has 1 aromatic rings. The molecular formula is C16H17N3O2. The van der Waals surface area contributed by atoms with Gasteiger partial charge in [0.25, 0.3) is 5.91 Å². The summed E-state index contributed by atoms with van der Waals surface area (Å²) in [5.41, 5.74) is 1.58. The molecule has 1 aliphatic rings. The van der Waals surface area contributed by atoms with Crippen LogP contribution < -0.4 is 5.32 Å². The lowest BCUT2D eigenvalue weighted by Gasteiger charge is -2.14. The molecule has 0 aromatic heterocycles. The summed E-state index contributed by atoms with van der Waals surface area (Å²) in [6, 6.07) is 8.98. The second kappa shape index (κ2) is 6.71. The summed E-state index contributed by atoms with van der Waals surface area (Å²) in [5, 5.41) is 11.8. The van der Waals surface area contributed by atoms with Gasteiger partial charge in [0.1, 0.15) is 11.6 Å². The van der Waals surface area contributed by atoms with Gasteiger partial charge in [0.2, 0.25) is 5.91 Å². The van der Waals surface area contributed by atoms with Crippen molar-refractivity contribution in [3.63, 3.8) is 0 Å². The number of rotatable bonds is 3. The molecule has 5 nitrogen and oxygen atoms in total. The van der Waals surface area contributed by atoms with E-state index >= 15 is 0 Å². The molecule has 1 heterocycles. The van der Waals surface area contributed by atoms with Gasteiger partial charge in [-0.3, -0.25) is 9.59 Å². The maximum atomic E-state index is 12.2. The highest BCUT2D eigenvalue weighted by Gasteiger charge is 2.21. The maximum Gasteiger partial charge on any atom is 0.264 e. The van der Waals surface area contributed by atoms with Crippen molar-refractivity contribution < 1.29 is 9.59 Å². The monoisotopic (exact) mass is 283 g/mol. The molecule has 5 heteroatoms. The van der Waals surface area contributed by atoms with Gasteiger partial charge in [-0.1, -0.05) is 12.1 Å². The van der Waals surface area contributed by atoms with Gasteiger partial charge in [0, 0.05) is 25.7 Å². The molecule has 2 amide bonds. The zero-order valence-electron chi connectivity index (χ0n) is 11.9. The molecule has 1 N–H and O–H groups in total. The minimum atomic E-state index is -0.207. The van der Waals surface area contributed by atoms with Gasteiger partial charge in [-0.05, 0) is 36.6 Å². The highest BCUT2D eigenvalue weighted by atomic mass is 16.2. The molecule has 2 rings (SSSR count). The fourth-order valence-electron chi connectivity index (χ4n) is 2.27. The molecule has 0 spiro atoms. The lowest BCUT2D eigenvalue weighted by atomic mass is 10.1. The summed E-state index contributed by atoms with van der Waals surface area (Å²) in [6.45, 7) is 2.88. The fraction of sp³-hybridized carbons (Fsp3) is 0.312. The van der Waals surface area contributed by atoms with Crippen molar-refractivity contribution in [1.29, 1.82) is 5.26 Å². The number of benzene rings is 1. The molecule has 1 saturated heterocycles. The first-order valence-electron chi connectivity index (χ1n) is 6.89. The molecule has 0 radical (unpaired) electrons. The zero-order chi connectivity index (χ0) is 15.2. The normalized spacial score (nSPS) is 14.7. The van der Waals surface area contributed by atoms with Crippen LogP contribution in [0.3, 0.4) is 0 Å². The summed E-state index contributed by atoms with van der Waals surface area (Å²) in [4.78, 5) is 24.8. The molecule has 108 valence electrons. The molecule has 0 saturated carbocycles. The molecule has 0 unspecified atom stereocenters. The molecule has 21 heavy (non-hydrogen) atoms. The number of amides is 2. The van der Waals surface area contributed by atoms with Gasteiger partial charge in [-0.2, -0.15) is 5.26 Å². The number of nitrogens with one attached hydrogen (secondary N) is 1. The van der Waals surface area contributed by atoms with Crippen molar-refractivity contribution in [2.24, 2.45) is 0 Å². The Bertz CT molecular complexity index is 605.